The third-order valence-electron chi connectivity index (χ3n) is 1.79. The van der Waals surface area contributed by atoms with Crippen LogP contribution in [0.3, 0.4) is 0 Å². The summed E-state index contributed by atoms with van der Waals surface area (Å²) in [5.41, 5.74) is 1.58. The Morgan fingerprint density at radius 3 is 2.00 bits per heavy atom. The van der Waals surface area contributed by atoms with Crippen molar-refractivity contribution in [3.63, 3.8) is 0 Å². The molecule has 0 aliphatic heterocycles. The lowest BCUT2D eigenvalue weighted by Gasteiger charge is -2.18. The van der Waals surface area contributed by atoms with Gasteiger partial charge in [-0.05, 0) is 57.9 Å². The summed E-state index contributed by atoms with van der Waals surface area (Å²) in [6, 6.07) is 5.62. The van der Waals surface area contributed by atoms with Crippen LogP contribution in [0.5, 0.6) is 5.75 Å². The van der Waals surface area contributed by atoms with Gasteiger partial charge in [0.05, 0.1) is 0 Å². The lowest BCUT2D eigenvalue weighted by atomic mass is 10.1. The molecule has 0 saturated heterocycles. The summed E-state index contributed by atoms with van der Waals surface area (Å²) in [5.74, 6) is 0.520. The van der Waals surface area contributed by atoms with Gasteiger partial charge < -0.3 is 9.47 Å². The van der Waals surface area contributed by atoms with Gasteiger partial charge in [-0.2, -0.15) is 0 Å². The van der Waals surface area contributed by atoms with Crippen molar-refractivity contribution in [2.75, 3.05) is 0 Å². The highest BCUT2D eigenvalue weighted by molar-refractivity contribution is 5.64. The molecule has 1 aromatic carbocycles. The van der Waals surface area contributed by atoms with Crippen molar-refractivity contribution in [3.05, 3.63) is 29.3 Å². The first-order valence-corrected chi connectivity index (χ1v) is 5.25. The van der Waals surface area contributed by atoms with Crippen molar-refractivity contribution < 1.29 is 14.3 Å². The van der Waals surface area contributed by atoms with E-state index in [4.69, 9.17) is 9.47 Å². The quantitative estimate of drug-likeness (QED) is 0.537. The fourth-order valence-corrected chi connectivity index (χ4v) is 1.36. The highest BCUT2D eigenvalue weighted by Crippen LogP contribution is 2.18. The highest BCUT2D eigenvalue weighted by Gasteiger charge is 2.18. The standard InChI is InChI=1S/C13H18O3/c1-9-6-10(2)8-11(7-9)15-12(14)16-13(3,4)5/h6-8H,1-5H3. The molecule has 3 nitrogen and oxygen atoms in total. The fraction of sp³-hybridized carbons (Fsp3) is 0.462. The number of aryl methyl sites for hydroxylation is 2. The van der Waals surface area contributed by atoms with Gasteiger partial charge in [0.1, 0.15) is 11.4 Å². The Morgan fingerprint density at radius 1 is 1.06 bits per heavy atom. The van der Waals surface area contributed by atoms with Crippen LogP contribution in [0, 0.1) is 13.8 Å². The zero-order valence-electron chi connectivity index (χ0n) is 10.5. The normalized spacial score (nSPS) is 11.1. The second kappa shape index (κ2) is 4.56. The first-order chi connectivity index (χ1) is 7.26. The Hall–Kier alpha value is -1.51. The van der Waals surface area contributed by atoms with E-state index < -0.39 is 11.8 Å². The molecule has 0 aromatic heterocycles. The Bertz CT molecular complexity index is 368. The van der Waals surface area contributed by atoms with Crippen molar-refractivity contribution in [2.45, 2.75) is 40.2 Å². The summed E-state index contributed by atoms with van der Waals surface area (Å²) in [6.07, 6.45) is -0.669. The van der Waals surface area contributed by atoms with Gasteiger partial charge in [-0.3, -0.25) is 0 Å². The van der Waals surface area contributed by atoms with E-state index in [1.165, 1.54) is 0 Å². The van der Waals surface area contributed by atoms with Crippen LogP contribution < -0.4 is 4.74 Å². The molecule has 0 radical (unpaired) electrons. The second-order valence-corrected chi connectivity index (χ2v) is 4.89. The van der Waals surface area contributed by atoms with Gasteiger partial charge >= 0.3 is 6.16 Å². The lowest BCUT2D eigenvalue weighted by Crippen LogP contribution is -2.26. The van der Waals surface area contributed by atoms with Crippen molar-refractivity contribution >= 4 is 6.16 Å². The molecule has 88 valence electrons. The molecule has 0 saturated carbocycles. The third kappa shape index (κ3) is 4.34. The molecule has 1 aromatic rings. The number of hydrogen-bond donors (Lipinski definition) is 0. The minimum Gasteiger partial charge on any atom is -0.428 e. The average Bonchev–Trinajstić information content (AvgIpc) is 1.96. The molecule has 0 heterocycles. The van der Waals surface area contributed by atoms with Crippen LogP contribution >= 0.6 is 0 Å². The minimum absolute atomic E-state index is 0.520. The van der Waals surface area contributed by atoms with Crippen LogP contribution in [0.4, 0.5) is 4.79 Å². The molecule has 16 heavy (non-hydrogen) atoms. The number of hydrogen-bond acceptors (Lipinski definition) is 3. The summed E-state index contributed by atoms with van der Waals surface area (Å²) >= 11 is 0. The van der Waals surface area contributed by atoms with Gasteiger partial charge in [-0.25, -0.2) is 4.79 Å². The van der Waals surface area contributed by atoms with E-state index in [9.17, 15) is 4.79 Å². The van der Waals surface area contributed by atoms with Crippen molar-refractivity contribution in [2.24, 2.45) is 0 Å². The lowest BCUT2D eigenvalue weighted by molar-refractivity contribution is 0.0206. The fourth-order valence-electron chi connectivity index (χ4n) is 1.36. The molecular weight excluding hydrogens is 204 g/mol. The predicted molar refractivity (Wildman–Crippen MR) is 62.8 cm³/mol. The summed E-state index contributed by atoms with van der Waals surface area (Å²) < 4.78 is 10.2. The maximum Gasteiger partial charge on any atom is 0.514 e. The van der Waals surface area contributed by atoms with Gasteiger partial charge in [0, 0.05) is 0 Å². The molecule has 0 fully saturated rings. The molecule has 0 spiro atoms. The number of ether oxygens (including phenoxy) is 2. The number of rotatable bonds is 1. The van der Waals surface area contributed by atoms with Crippen LogP contribution in [0.15, 0.2) is 18.2 Å². The Balaban J connectivity index is 2.70. The molecule has 0 atom stereocenters. The predicted octanol–water partition coefficient (Wildman–Crippen LogP) is 3.62. The largest absolute Gasteiger partial charge is 0.514 e. The van der Waals surface area contributed by atoms with Crippen LogP contribution in [-0.4, -0.2) is 11.8 Å². The average molecular weight is 222 g/mol. The monoisotopic (exact) mass is 222 g/mol. The zero-order chi connectivity index (χ0) is 12.3. The van der Waals surface area contributed by atoms with E-state index in [2.05, 4.69) is 0 Å². The smallest absolute Gasteiger partial charge is 0.428 e. The van der Waals surface area contributed by atoms with E-state index in [1.54, 1.807) is 32.9 Å². The Morgan fingerprint density at radius 2 is 1.56 bits per heavy atom. The van der Waals surface area contributed by atoms with Gasteiger partial charge in [-0.15, -0.1) is 0 Å². The van der Waals surface area contributed by atoms with Crippen LogP contribution in [0.1, 0.15) is 31.9 Å². The van der Waals surface area contributed by atoms with Crippen LogP contribution in [-0.2, 0) is 4.74 Å². The molecule has 3 heteroatoms. The minimum atomic E-state index is -0.669. The molecule has 0 aliphatic rings. The Kier molecular flexibility index (Phi) is 3.58. The molecule has 0 aliphatic carbocycles. The highest BCUT2D eigenvalue weighted by atomic mass is 16.7. The second-order valence-electron chi connectivity index (χ2n) is 4.89. The summed E-state index contributed by atoms with van der Waals surface area (Å²) in [7, 11) is 0. The molecule has 0 N–H and O–H groups in total. The van der Waals surface area contributed by atoms with E-state index in [1.807, 2.05) is 19.9 Å². The van der Waals surface area contributed by atoms with Gasteiger partial charge in [0.2, 0.25) is 0 Å². The van der Waals surface area contributed by atoms with Crippen molar-refractivity contribution in [3.8, 4) is 5.75 Å². The summed E-state index contributed by atoms with van der Waals surface area (Å²) in [4.78, 5) is 11.4. The maximum atomic E-state index is 11.4. The molecule has 1 rings (SSSR count). The first kappa shape index (κ1) is 12.6. The molecule has 0 bridgehead atoms. The topological polar surface area (TPSA) is 35.5 Å². The van der Waals surface area contributed by atoms with Gasteiger partial charge in [0.25, 0.3) is 0 Å². The first-order valence-electron chi connectivity index (χ1n) is 5.25. The van der Waals surface area contributed by atoms with Crippen molar-refractivity contribution in [1.29, 1.82) is 0 Å². The number of carbonyl (C=O) groups is 1. The molecular formula is C13H18O3. The maximum absolute atomic E-state index is 11.4. The van der Waals surface area contributed by atoms with Gasteiger partial charge in [-0.1, -0.05) is 6.07 Å². The van der Waals surface area contributed by atoms with E-state index in [0.29, 0.717) is 5.75 Å². The number of benzene rings is 1. The van der Waals surface area contributed by atoms with E-state index in [-0.39, 0.29) is 0 Å². The molecule has 0 amide bonds. The molecule has 0 unspecified atom stereocenters. The third-order valence-corrected chi connectivity index (χ3v) is 1.79. The van der Waals surface area contributed by atoms with E-state index in [0.717, 1.165) is 11.1 Å². The Labute approximate surface area is 96.4 Å². The zero-order valence-corrected chi connectivity index (χ0v) is 10.5. The summed E-state index contributed by atoms with van der Waals surface area (Å²) in [6.45, 7) is 9.31. The van der Waals surface area contributed by atoms with Crippen LogP contribution in [0.25, 0.3) is 0 Å². The SMILES string of the molecule is Cc1cc(C)cc(OC(=O)OC(C)(C)C)c1. The number of carbonyl (C=O) groups excluding carboxylic acids is 1. The van der Waals surface area contributed by atoms with Gasteiger partial charge in [0.15, 0.2) is 0 Å². The van der Waals surface area contributed by atoms with E-state index >= 15 is 0 Å². The summed E-state index contributed by atoms with van der Waals surface area (Å²) in [5, 5.41) is 0. The van der Waals surface area contributed by atoms with Crippen molar-refractivity contribution in [1.82, 2.24) is 0 Å². The van der Waals surface area contributed by atoms with Crippen LogP contribution in [0.2, 0.25) is 0 Å².